The van der Waals surface area contributed by atoms with E-state index in [4.69, 9.17) is 9.47 Å². The van der Waals surface area contributed by atoms with Crippen LogP contribution in [0.5, 0.6) is 11.8 Å². The van der Waals surface area contributed by atoms with Gasteiger partial charge in [0.05, 0.1) is 19.8 Å². The first-order valence-electron chi connectivity index (χ1n) is 7.53. The summed E-state index contributed by atoms with van der Waals surface area (Å²) in [6.07, 6.45) is 6.23. The standard InChI is InChI=1S/C15H25N3O3/c1-20-14-13(15(21-2)18-10-17-14)8-16-7-11-5-3-4-6-12(11)9-19/h10-12,16,19H,3-9H2,1-2H3. The largest absolute Gasteiger partial charge is 0.481 e. The minimum Gasteiger partial charge on any atom is -0.481 e. The van der Waals surface area contributed by atoms with Crippen molar-refractivity contribution in [1.29, 1.82) is 0 Å². The quantitative estimate of drug-likeness (QED) is 0.791. The van der Waals surface area contributed by atoms with Gasteiger partial charge in [0.25, 0.3) is 0 Å². The van der Waals surface area contributed by atoms with E-state index in [1.54, 1.807) is 14.2 Å². The third-order valence-electron chi connectivity index (χ3n) is 4.26. The number of nitrogens with one attached hydrogen (secondary N) is 1. The number of ether oxygens (including phenoxy) is 2. The van der Waals surface area contributed by atoms with E-state index in [1.807, 2.05) is 0 Å². The number of rotatable bonds is 7. The summed E-state index contributed by atoms with van der Waals surface area (Å²) in [6, 6.07) is 0. The van der Waals surface area contributed by atoms with Crippen molar-refractivity contribution in [3.05, 3.63) is 11.9 Å². The van der Waals surface area contributed by atoms with Crippen LogP contribution >= 0.6 is 0 Å². The zero-order chi connectivity index (χ0) is 15.1. The molecular weight excluding hydrogens is 270 g/mol. The molecule has 2 N–H and O–H groups in total. The summed E-state index contributed by atoms with van der Waals surface area (Å²) >= 11 is 0. The molecule has 0 aliphatic heterocycles. The average Bonchev–Trinajstić information content (AvgIpc) is 2.55. The normalized spacial score (nSPS) is 22.0. The lowest BCUT2D eigenvalue weighted by Gasteiger charge is -2.30. The molecule has 0 amide bonds. The molecule has 0 bridgehead atoms. The van der Waals surface area contributed by atoms with E-state index in [9.17, 15) is 5.11 Å². The molecule has 1 fully saturated rings. The predicted molar refractivity (Wildman–Crippen MR) is 79.4 cm³/mol. The zero-order valence-corrected chi connectivity index (χ0v) is 12.8. The van der Waals surface area contributed by atoms with E-state index >= 15 is 0 Å². The van der Waals surface area contributed by atoms with Crippen LogP contribution in [0.15, 0.2) is 6.33 Å². The average molecular weight is 295 g/mol. The van der Waals surface area contributed by atoms with Crippen LogP contribution in [-0.4, -0.2) is 42.4 Å². The summed E-state index contributed by atoms with van der Waals surface area (Å²) in [4.78, 5) is 8.22. The van der Waals surface area contributed by atoms with Gasteiger partial charge in [0.2, 0.25) is 11.8 Å². The van der Waals surface area contributed by atoms with Crippen molar-refractivity contribution in [2.24, 2.45) is 11.8 Å². The smallest absolute Gasteiger partial charge is 0.224 e. The van der Waals surface area contributed by atoms with Crippen molar-refractivity contribution < 1.29 is 14.6 Å². The van der Waals surface area contributed by atoms with E-state index in [2.05, 4.69) is 15.3 Å². The molecule has 118 valence electrons. The molecular formula is C15H25N3O3. The van der Waals surface area contributed by atoms with E-state index in [0.717, 1.165) is 18.5 Å². The van der Waals surface area contributed by atoms with Crippen molar-refractivity contribution in [3.63, 3.8) is 0 Å². The summed E-state index contributed by atoms with van der Waals surface area (Å²) < 4.78 is 10.5. The van der Waals surface area contributed by atoms with Crippen LogP contribution < -0.4 is 14.8 Å². The molecule has 2 unspecified atom stereocenters. The maximum absolute atomic E-state index is 9.45. The Morgan fingerprint density at radius 3 is 2.33 bits per heavy atom. The first kappa shape index (κ1) is 16.0. The molecule has 21 heavy (non-hydrogen) atoms. The van der Waals surface area contributed by atoms with Gasteiger partial charge in [-0.1, -0.05) is 12.8 Å². The van der Waals surface area contributed by atoms with Gasteiger partial charge in [-0.2, -0.15) is 0 Å². The van der Waals surface area contributed by atoms with Crippen LogP contribution in [0, 0.1) is 11.8 Å². The molecule has 1 aliphatic rings. The molecule has 2 rings (SSSR count). The Labute approximate surface area is 125 Å². The fourth-order valence-electron chi connectivity index (χ4n) is 3.06. The highest BCUT2D eigenvalue weighted by atomic mass is 16.5. The Balaban J connectivity index is 1.93. The number of aliphatic hydroxyl groups is 1. The van der Waals surface area contributed by atoms with Crippen molar-refractivity contribution >= 4 is 0 Å². The molecule has 1 aromatic heterocycles. The van der Waals surface area contributed by atoms with Gasteiger partial charge in [-0.15, -0.1) is 0 Å². The highest BCUT2D eigenvalue weighted by Gasteiger charge is 2.24. The van der Waals surface area contributed by atoms with Crippen LogP contribution in [0.1, 0.15) is 31.2 Å². The van der Waals surface area contributed by atoms with Crippen LogP contribution in [0.3, 0.4) is 0 Å². The third-order valence-corrected chi connectivity index (χ3v) is 4.26. The summed E-state index contributed by atoms with van der Waals surface area (Å²) in [5.74, 6) is 2.03. The number of aliphatic hydroxyl groups excluding tert-OH is 1. The first-order valence-corrected chi connectivity index (χ1v) is 7.53. The van der Waals surface area contributed by atoms with E-state index in [0.29, 0.717) is 30.1 Å². The van der Waals surface area contributed by atoms with Gasteiger partial charge in [-0.3, -0.25) is 0 Å². The second-order valence-electron chi connectivity index (χ2n) is 5.49. The minimum atomic E-state index is 0.285. The maximum atomic E-state index is 9.45. The highest BCUT2D eigenvalue weighted by molar-refractivity contribution is 5.34. The van der Waals surface area contributed by atoms with Crippen LogP contribution in [-0.2, 0) is 6.54 Å². The fraction of sp³-hybridized carbons (Fsp3) is 0.733. The third kappa shape index (κ3) is 4.04. The molecule has 6 nitrogen and oxygen atoms in total. The Bertz CT molecular complexity index is 420. The SMILES string of the molecule is COc1ncnc(OC)c1CNCC1CCCCC1CO. The Morgan fingerprint density at radius 2 is 1.76 bits per heavy atom. The summed E-state index contributed by atoms with van der Waals surface area (Å²) in [6.45, 7) is 1.77. The van der Waals surface area contributed by atoms with Crippen LogP contribution in [0.4, 0.5) is 0 Å². The predicted octanol–water partition coefficient (Wildman–Crippen LogP) is 1.38. The van der Waals surface area contributed by atoms with E-state index in [1.165, 1.54) is 25.6 Å². The van der Waals surface area contributed by atoms with Crippen molar-refractivity contribution in [2.75, 3.05) is 27.4 Å². The first-order chi connectivity index (χ1) is 10.3. The maximum Gasteiger partial charge on any atom is 0.224 e. The monoisotopic (exact) mass is 295 g/mol. The van der Waals surface area contributed by atoms with E-state index < -0.39 is 0 Å². The summed E-state index contributed by atoms with van der Waals surface area (Å²) in [7, 11) is 3.18. The highest BCUT2D eigenvalue weighted by Crippen LogP contribution is 2.29. The number of methoxy groups -OCH3 is 2. The topological polar surface area (TPSA) is 76.5 Å². The molecule has 1 saturated carbocycles. The minimum absolute atomic E-state index is 0.285. The molecule has 1 aromatic rings. The zero-order valence-electron chi connectivity index (χ0n) is 12.8. The van der Waals surface area contributed by atoms with Crippen LogP contribution in [0.2, 0.25) is 0 Å². The molecule has 0 radical (unpaired) electrons. The van der Waals surface area contributed by atoms with Gasteiger partial charge in [-0.05, 0) is 31.2 Å². The number of hydrogen-bond donors (Lipinski definition) is 2. The Kier molecular flexibility index (Phi) is 6.20. The van der Waals surface area contributed by atoms with Crippen molar-refractivity contribution in [2.45, 2.75) is 32.2 Å². The number of aromatic nitrogens is 2. The van der Waals surface area contributed by atoms with Crippen molar-refractivity contribution in [3.8, 4) is 11.8 Å². The number of hydrogen-bond acceptors (Lipinski definition) is 6. The van der Waals surface area contributed by atoms with Gasteiger partial charge in [0, 0.05) is 13.2 Å². The molecule has 2 atom stereocenters. The molecule has 1 heterocycles. The Morgan fingerprint density at radius 1 is 1.14 bits per heavy atom. The number of nitrogens with zero attached hydrogens (tertiary/aromatic N) is 2. The van der Waals surface area contributed by atoms with E-state index in [-0.39, 0.29) is 6.61 Å². The lowest BCUT2D eigenvalue weighted by atomic mass is 9.79. The van der Waals surface area contributed by atoms with Gasteiger partial charge < -0.3 is 19.9 Å². The van der Waals surface area contributed by atoms with Gasteiger partial charge in [0.1, 0.15) is 6.33 Å². The fourth-order valence-corrected chi connectivity index (χ4v) is 3.06. The lowest BCUT2D eigenvalue weighted by molar-refractivity contribution is 0.133. The lowest BCUT2D eigenvalue weighted by Crippen LogP contribution is -2.32. The summed E-state index contributed by atoms with van der Waals surface area (Å²) in [5, 5.41) is 12.9. The van der Waals surface area contributed by atoms with Crippen LogP contribution in [0.25, 0.3) is 0 Å². The molecule has 0 aromatic carbocycles. The van der Waals surface area contributed by atoms with Gasteiger partial charge >= 0.3 is 0 Å². The molecule has 0 spiro atoms. The molecule has 6 heteroatoms. The molecule has 0 saturated heterocycles. The Hall–Kier alpha value is -1.40. The second kappa shape index (κ2) is 8.14. The van der Waals surface area contributed by atoms with Gasteiger partial charge in [-0.25, -0.2) is 9.97 Å². The van der Waals surface area contributed by atoms with Gasteiger partial charge in [0.15, 0.2) is 0 Å². The summed E-state index contributed by atoms with van der Waals surface area (Å²) in [5.41, 5.74) is 0.832. The second-order valence-corrected chi connectivity index (χ2v) is 5.49. The van der Waals surface area contributed by atoms with Crippen molar-refractivity contribution in [1.82, 2.24) is 15.3 Å². The molecule has 1 aliphatic carbocycles.